The fourth-order valence-corrected chi connectivity index (χ4v) is 2.21. The third-order valence-electron chi connectivity index (χ3n) is 2.20. The normalized spacial score (nSPS) is 12.2. The van der Waals surface area contributed by atoms with Crippen LogP contribution in [-0.4, -0.2) is 18.6 Å². The van der Waals surface area contributed by atoms with E-state index in [0.29, 0.717) is 10.9 Å². The van der Waals surface area contributed by atoms with Gasteiger partial charge in [-0.2, -0.15) is 13.5 Å². The van der Waals surface area contributed by atoms with Gasteiger partial charge in [0, 0.05) is 5.39 Å². The summed E-state index contributed by atoms with van der Waals surface area (Å²) in [4.78, 5) is 0. The lowest BCUT2D eigenvalue weighted by molar-refractivity contribution is 0.548. The summed E-state index contributed by atoms with van der Waals surface area (Å²) in [5.41, 5.74) is 2.17. The first-order chi connectivity index (χ1) is 6.89. The molecular formula is C9H9FN2O2S. The number of benzene rings is 1. The molecule has 1 aromatic heterocycles. The molecule has 0 aliphatic carbocycles. The molecule has 0 aliphatic heterocycles. The first kappa shape index (κ1) is 10.1. The highest BCUT2D eigenvalue weighted by molar-refractivity contribution is 7.86. The number of fused-ring (bicyclic) bond motifs is 1. The lowest BCUT2D eigenvalue weighted by Crippen LogP contribution is -1.92. The van der Waals surface area contributed by atoms with Gasteiger partial charge in [0.25, 0.3) is 0 Å². The van der Waals surface area contributed by atoms with Crippen LogP contribution in [0.15, 0.2) is 17.2 Å². The summed E-state index contributed by atoms with van der Waals surface area (Å²) in [6, 6.07) is 3.45. The molecule has 0 saturated carbocycles. The molecule has 4 nitrogen and oxygen atoms in total. The number of hydrogen-bond donors (Lipinski definition) is 1. The quantitative estimate of drug-likeness (QED) is 0.757. The molecule has 0 amide bonds. The molecular weight excluding hydrogens is 219 g/mol. The van der Waals surface area contributed by atoms with Crippen molar-refractivity contribution in [3.05, 3.63) is 23.3 Å². The van der Waals surface area contributed by atoms with Crippen molar-refractivity contribution < 1.29 is 12.3 Å². The van der Waals surface area contributed by atoms with Crippen molar-refractivity contribution in [2.45, 2.75) is 18.9 Å². The van der Waals surface area contributed by atoms with Crippen LogP contribution in [-0.2, 0) is 10.2 Å². The van der Waals surface area contributed by atoms with Gasteiger partial charge in [-0.15, -0.1) is 0 Å². The molecule has 0 saturated heterocycles. The number of halogens is 1. The number of aromatic amines is 1. The Labute approximate surface area is 86.3 Å². The Bertz CT molecular complexity index is 631. The van der Waals surface area contributed by atoms with Crippen molar-refractivity contribution in [3.63, 3.8) is 0 Å². The number of nitrogens with one attached hydrogen (secondary N) is 1. The second-order valence-corrected chi connectivity index (χ2v) is 4.75. The van der Waals surface area contributed by atoms with Gasteiger partial charge in [-0.25, -0.2) is 0 Å². The maximum Gasteiger partial charge on any atom is 0.349 e. The van der Waals surface area contributed by atoms with Crippen LogP contribution in [0.2, 0.25) is 0 Å². The lowest BCUT2D eigenvalue weighted by Gasteiger charge is -1.97. The highest BCUT2D eigenvalue weighted by atomic mass is 32.3. The van der Waals surface area contributed by atoms with Crippen LogP contribution in [0.5, 0.6) is 0 Å². The molecule has 15 heavy (non-hydrogen) atoms. The van der Waals surface area contributed by atoms with Gasteiger partial charge < -0.3 is 0 Å². The molecule has 0 radical (unpaired) electrons. The highest BCUT2D eigenvalue weighted by Gasteiger charge is 2.19. The van der Waals surface area contributed by atoms with Gasteiger partial charge in [0.2, 0.25) is 0 Å². The fourth-order valence-electron chi connectivity index (χ4n) is 1.63. The van der Waals surface area contributed by atoms with Crippen molar-refractivity contribution in [1.29, 1.82) is 0 Å². The van der Waals surface area contributed by atoms with Crippen molar-refractivity contribution in [3.8, 4) is 0 Å². The highest BCUT2D eigenvalue weighted by Crippen LogP contribution is 2.25. The lowest BCUT2D eigenvalue weighted by atomic mass is 10.1. The zero-order valence-corrected chi connectivity index (χ0v) is 9.02. The van der Waals surface area contributed by atoms with Crippen molar-refractivity contribution in [1.82, 2.24) is 10.2 Å². The first-order valence-electron chi connectivity index (χ1n) is 4.29. The molecule has 0 spiro atoms. The topological polar surface area (TPSA) is 62.8 Å². The van der Waals surface area contributed by atoms with Crippen molar-refractivity contribution in [2.24, 2.45) is 0 Å². The monoisotopic (exact) mass is 228 g/mol. The molecule has 1 N–H and O–H groups in total. The van der Waals surface area contributed by atoms with E-state index in [9.17, 15) is 12.3 Å². The van der Waals surface area contributed by atoms with E-state index in [4.69, 9.17) is 0 Å². The molecule has 0 bridgehead atoms. The van der Waals surface area contributed by atoms with E-state index in [0.717, 1.165) is 11.1 Å². The van der Waals surface area contributed by atoms with Crippen molar-refractivity contribution >= 4 is 21.1 Å². The third-order valence-corrected chi connectivity index (χ3v) is 3.00. The van der Waals surface area contributed by atoms with Gasteiger partial charge in [-0.05, 0) is 25.5 Å². The van der Waals surface area contributed by atoms with Crippen LogP contribution < -0.4 is 0 Å². The Kier molecular flexibility index (Phi) is 2.04. The SMILES string of the molecule is Cc1cc(C)c2n[nH]c(S(=O)(=O)F)c2c1. The van der Waals surface area contributed by atoms with Gasteiger partial charge in [-0.3, -0.25) is 5.10 Å². The Balaban J connectivity index is 2.92. The number of rotatable bonds is 1. The molecule has 6 heteroatoms. The van der Waals surface area contributed by atoms with Gasteiger partial charge in [0.15, 0.2) is 5.03 Å². The predicted octanol–water partition coefficient (Wildman–Crippen LogP) is 1.84. The average Bonchev–Trinajstić information content (AvgIpc) is 2.45. The van der Waals surface area contributed by atoms with E-state index in [1.807, 2.05) is 13.0 Å². The minimum atomic E-state index is -4.74. The van der Waals surface area contributed by atoms with E-state index < -0.39 is 15.2 Å². The Morgan fingerprint density at radius 2 is 2.00 bits per heavy atom. The smallest absolute Gasteiger partial charge is 0.264 e. The van der Waals surface area contributed by atoms with Crippen LogP contribution in [0.3, 0.4) is 0 Å². The number of aryl methyl sites for hydroxylation is 2. The summed E-state index contributed by atoms with van der Waals surface area (Å²) in [6.45, 7) is 3.61. The zero-order valence-electron chi connectivity index (χ0n) is 8.20. The molecule has 0 unspecified atom stereocenters. The largest absolute Gasteiger partial charge is 0.349 e. The summed E-state index contributed by atoms with van der Waals surface area (Å²) in [5.74, 6) is 0. The van der Waals surface area contributed by atoms with E-state index in [-0.39, 0.29) is 0 Å². The van der Waals surface area contributed by atoms with E-state index in [1.165, 1.54) is 0 Å². The summed E-state index contributed by atoms with van der Waals surface area (Å²) in [5, 5.41) is 5.82. The Morgan fingerprint density at radius 3 is 2.60 bits per heavy atom. The van der Waals surface area contributed by atoms with E-state index in [2.05, 4.69) is 10.2 Å². The van der Waals surface area contributed by atoms with Crippen LogP contribution in [0.4, 0.5) is 3.89 Å². The predicted molar refractivity (Wildman–Crippen MR) is 53.9 cm³/mol. The zero-order chi connectivity index (χ0) is 11.2. The van der Waals surface area contributed by atoms with Gasteiger partial charge in [-0.1, -0.05) is 15.5 Å². The molecule has 1 heterocycles. The molecule has 80 valence electrons. The summed E-state index contributed by atoms with van der Waals surface area (Å²) >= 11 is 0. The standard InChI is InChI=1S/C9H9FN2O2S/c1-5-3-6(2)8-7(4-5)9(12-11-8)15(10,13)14/h3-4H,1-2H3,(H,11,12). The molecule has 0 aliphatic rings. The fraction of sp³-hybridized carbons (Fsp3) is 0.222. The second kappa shape index (κ2) is 3.03. The molecule has 1 aromatic carbocycles. The van der Waals surface area contributed by atoms with E-state index in [1.54, 1.807) is 13.0 Å². The number of nitrogens with zero attached hydrogens (tertiary/aromatic N) is 1. The molecule has 0 fully saturated rings. The minimum absolute atomic E-state index is 0.301. The van der Waals surface area contributed by atoms with Gasteiger partial charge in [0.05, 0.1) is 5.52 Å². The Morgan fingerprint density at radius 1 is 1.33 bits per heavy atom. The van der Waals surface area contributed by atoms with Gasteiger partial charge >= 0.3 is 10.2 Å². The van der Waals surface area contributed by atoms with E-state index >= 15 is 0 Å². The molecule has 0 atom stereocenters. The third kappa shape index (κ3) is 1.61. The summed E-state index contributed by atoms with van der Waals surface area (Å²) < 4.78 is 34.4. The molecule has 2 rings (SSSR count). The van der Waals surface area contributed by atoms with Crippen LogP contribution in [0.25, 0.3) is 10.9 Å². The Hall–Kier alpha value is -1.43. The van der Waals surface area contributed by atoms with Crippen LogP contribution in [0.1, 0.15) is 11.1 Å². The summed E-state index contributed by atoms with van der Waals surface area (Å²) in [7, 11) is -4.74. The average molecular weight is 228 g/mol. The number of H-pyrrole nitrogens is 1. The van der Waals surface area contributed by atoms with Crippen LogP contribution >= 0.6 is 0 Å². The minimum Gasteiger partial charge on any atom is -0.264 e. The maximum atomic E-state index is 12.8. The van der Waals surface area contributed by atoms with Gasteiger partial charge in [0.1, 0.15) is 0 Å². The number of hydrogen-bond acceptors (Lipinski definition) is 3. The first-order valence-corrected chi connectivity index (χ1v) is 5.68. The summed E-state index contributed by atoms with van der Waals surface area (Å²) in [6.07, 6.45) is 0. The number of aromatic nitrogens is 2. The van der Waals surface area contributed by atoms with Crippen molar-refractivity contribution in [2.75, 3.05) is 0 Å². The second-order valence-electron chi connectivity index (χ2n) is 3.47. The maximum absolute atomic E-state index is 12.8. The molecule has 2 aromatic rings. The van der Waals surface area contributed by atoms with Crippen LogP contribution in [0, 0.1) is 13.8 Å².